The minimum Gasteiger partial charge on any atom is -0.497 e. The molecule has 0 saturated carbocycles. The molecule has 0 spiro atoms. The van der Waals surface area contributed by atoms with Crippen LogP contribution in [0.25, 0.3) is 10.9 Å². The first-order chi connectivity index (χ1) is 12.0. The van der Waals surface area contributed by atoms with E-state index in [0.29, 0.717) is 27.6 Å². The SMILES string of the molecule is COC(=O)Cc1c(C(=O)c2ccc(Cl)cc2)[nH]c2ccc(OC)cc12. The number of H-pyrrole nitrogens is 1. The Morgan fingerprint density at radius 3 is 2.44 bits per heavy atom. The van der Waals surface area contributed by atoms with Gasteiger partial charge in [0.1, 0.15) is 5.75 Å². The molecule has 5 nitrogen and oxygen atoms in total. The van der Waals surface area contributed by atoms with E-state index < -0.39 is 5.97 Å². The summed E-state index contributed by atoms with van der Waals surface area (Å²) < 4.78 is 10.0. The number of hydrogen-bond acceptors (Lipinski definition) is 4. The van der Waals surface area contributed by atoms with Gasteiger partial charge in [-0.15, -0.1) is 0 Å². The molecule has 128 valence electrons. The number of nitrogens with one attached hydrogen (secondary N) is 1. The van der Waals surface area contributed by atoms with Crippen molar-refractivity contribution in [3.05, 3.63) is 64.3 Å². The van der Waals surface area contributed by atoms with Crippen LogP contribution in [-0.2, 0) is 16.0 Å². The van der Waals surface area contributed by atoms with Crippen LogP contribution in [-0.4, -0.2) is 31.0 Å². The standard InChI is InChI=1S/C19H16ClNO4/c1-24-13-7-8-16-14(9-13)15(10-17(22)25-2)18(21-16)19(23)11-3-5-12(20)6-4-11/h3-9,21H,10H2,1-2H3. The lowest BCUT2D eigenvalue weighted by atomic mass is 10.0. The van der Waals surface area contributed by atoms with Crippen molar-refractivity contribution in [3.63, 3.8) is 0 Å². The van der Waals surface area contributed by atoms with E-state index in [4.69, 9.17) is 21.1 Å². The number of rotatable bonds is 5. The number of benzene rings is 2. The van der Waals surface area contributed by atoms with Crippen LogP contribution in [0.5, 0.6) is 5.75 Å². The first-order valence-corrected chi connectivity index (χ1v) is 7.97. The van der Waals surface area contributed by atoms with Gasteiger partial charge in [-0.3, -0.25) is 9.59 Å². The van der Waals surface area contributed by atoms with E-state index in [1.807, 2.05) is 6.07 Å². The Hall–Kier alpha value is -2.79. The summed E-state index contributed by atoms with van der Waals surface area (Å²) in [6, 6.07) is 12.0. The second kappa shape index (κ2) is 6.99. The van der Waals surface area contributed by atoms with Crippen molar-refractivity contribution in [1.82, 2.24) is 4.98 Å². The fraction of sp³-hybridized carbons (Fsp3) is 0.158. The molecule has 6 heteroatoms. The minimum atomic E-state index is -0.422. The number of ether oxygens (including phenoxy) is 2. The summed E-state index contributed by atoms with van der Waals surface area (Å²) in [6.45, 7) is 0. The molecule has 0 radical (unpaired) electrons. The fourth-order valence-corrected chi connectivity index (χ4v) is 2.82. The molecule has 1 N–H and O–H groups in total. The second-order valence-corrected chi connectivity index (χ2v) is 5.92. The summed E-state index contributed by atoms with van der Waals surface area (Å²) in [5.74, 6) is 0.00252. The zero-order valence-electron chi connectivity index (χ0n) is 13.8. The number of esters is 1. The highest BCUT2D eigenvalue weighted by Gasteiger charge is 2.21. The third-order valence-corrected chi connectivity index (χ3v) is 4.25. The molecule has 0 aliphatic rings. The van der Waals surface area contributed by atoms with Crippen LogP contribution in [0.15, 0.2) is 42.5 Å². The van der Waals surface area contributed by atoms with Gasteiger partial charge in [0, 0.05) is 27.1 Å². The Bertz CT molecular complexity index is 944. The summed E-state index contributed by atoms with van der Waals surface area (Å²) in [5.41, 5.74) is 2.17. The lowest BCUT2D eigenvalue weighted by molar-refractivity contribution is -0.139. The predicted molar refractivity (Wildman–Crippen MR) is 95.5 cm³/mol. The number of fused-ring (bicyclic) bond motifs is 1. The number of aromatic nitrogens is 1. The molecule has 1 heterocycles. The van der Waals surface area contributed by atoms with Crippen LogP contribution in [0.1, 0.15) is 21.6 Å². The molecular weight excluding hydrogens is 342 g/mol. The minimum absolute atomic E-state index is 0.0155. The number of carbonyl (C=O) groups is 2. The Labute approximate surface area is 149 Å². The van der Waals surface area contributed by atoms with Crippen LogP contribution in [0, 0.1) is 0 Å². The molecule has 0 aliphatic carbocycles. The van der Waals surface area contributed by atoms with Crippen molar-refractivity contribution in [2.75, 3.05) is 14.2 Å². The number of halogens is 1. The first kappa shape index (κ1) is 17.0. The highest BCUT2D eigenvalue weighted by molar-refractivity contribution is 6.30. The maximum atomic E-state index is 12.9. The van der Waals surface area contributed by atoms with E-state index in [0.717, 1.165) is 10.9 Å². The van der Waals surface area contributed by atoms with E-state index in [1.54, 1.807) is 43.5 Å². The maximum Gasteiger partial charge on any atom is 0.310 e. The van der Waals surface area contributed by atoms with E-state index in [-0.39, 0.29) is 12.2 Å². The molecule has 3 aromatic rings. The predicted octanol–water partition coefficient (Wildman–Crippen LogP) is 3.78. The molecule has 0 atom stereocenters. The summed E-state index contributed by atoms with van der Waals surface area (Å²) >= 11 is 5.88. The number of aromatic amines is 1. The molecule has 0 bridgehead atoms. The van der Waals surface area contributed by atoms with Crippen molar-refractivity contribution >= 4 is 34.3 Å². The quantitative estimate of drug-likeness (QED) is 0.557. The number of ketones is 1. The normalized spacial score (nSPS) is 10.7. The fourth-order valence-electron chi connectivity index (χ4n) is 2.69. The summed E-state index contributed by atoms with van der Waals surface area (Å²) in [7, 11) is 2.88. The zero-order valence-corrected chi connectivity index (χ0v) is 14.5. The van der Waals surface area contributed by atoms with Crippen LogP contribution < -0.4 is 4.74 Å². The van der Waals surface area contributed by atoms with Gasteiger partial charge in [-0.05, 0) is 42.5 Å². The molecule has 1 aromatic heterocycles. The lowest BCUT2D eigenvalue weighted by Crippen LogP contribution is -2.10. The number of hydrogen-bond donors (Lipinski definition) is 1. The van der Waals surface area contributed by atoms with E-state index in [1.165, 1.54) is 7.11 Å². The van der Waals surface area contributed by atoms with Gasteiger partial charge in [0.25, 0.3) is 0 Å². The monoisotopic (exact) mass is 357 g/mol. The van der Waals surface area contributed by atoms with Crippen molar-refractivity contribution in [2.24, 2.45) is 0 Å². The second-order valence-electron chi connectivity index (χ2n) is 5.48. The van der Waals surface area contributed by atoms with E-state index >= 15 is 0 Å². The van der Waals surface area contributed by atoms with Crippen molar-refractivity contribution in [2.45, 2.75) is 6.42 Å². The molecule has 0 amide bonds. The van der Waals surface area contributed by atoms with Gasteiger partial charge in [0.15, 0.2) is 0 Å². The maximum absolute atomic E-state index is 12.9. The zero-order chi connectivity index (χ0) is 18.0. The van der Waals surface area contributed by atoms with Gasteiger partial charge in [0.05, 0.1) is 26.3 Å². The highest BCUT2D eigenvalue weighted by atomic mass is 35.5. The van der Waals surface area contributed by atoms with Gasteiger partial charge >= 0.3 is 5.97 Å². The molecule has 25 heavy (non-hydrogen) atoms. The molecule has 0 saturated heterocycles. The highest BCUT2D eigenvalue weighted by Crippen LogP contribution is 2.29. The van der Waals surface area contributed by atoms with E-state index in [2.05, 4.69) is 4.98 Å². The molecule has 0 aliphatic heterocycles. The third kappa shape index (κ3) is 3.37. The van der Waals surface area contributed by atoms with Gasteiger partial charge < -0.3 is 14.5 Å². The van der Waals surface area contributed by atoms with E-state index in [9.17, 15) is 9.59 Å². The van der Waals surface area contributed by atoms with Crippen LogP contribution >= 0.6 is 11.6 Å². The number of methoxy groups -OCH3 is 2. The van der Waals surface area contributed by atoms with Crippen molar-refractivity contribution in [1.29, 1.82) is 0 Å². The average Bonchev–Trinajstić information content (AvgIpc) is 2.99. The van der Waals surface area contributed by atoms with Crippen LogP contribution in [0.4, 0.5) is 0 Å². The summed E-state index contributed by atoms with van der Waals surface area (Å²) in [4.78, 5) is 27.9. The Balaban J connectivity index is 2.15. The molecule has 0 fully saturated rings. The molecule has 3 rings (SSSR count). The van der Waals surface area contributed by atoms with Crippen LogP contribution in [0.2, 0.25) is 5.02 Å². The van der Waals surface area contributed by atoms with Gasteiger partial charge in [-0.25, -0.2) is 0 Å². The topological polar surface area (TPSA) is 68.4 Å². The smallest absolute Gasteiger partial charge is 0.310 e. The van der Waals surface area contributed by atoms with Crippen molar-refractivity contribution < 1.29 is 19.1 Å². The Morgan fingerprint density at radius 1 is 1.08 bits per heavy atom. The summed E-state index contributed by atoms with van der Waals surface area (Å²) in [6.07, 6.45) is -0.0155. The van der Waals surface area contributed by atoms with Gasteiger partial charge in [-0.1, -0.05) is 11.6 Å². The molecule has 0 unspecified atom stereocenters. The van der Waals surface area contributed by atoms with Crippen molar-refractivity contribution in [3.8, 4) is 5.75 Å². The largest absolute Gasteiger partial charge is 0.497 e. The summed E-state index contributed by atoms with van der Waals surface area (Å²) in [5, 5.41) is 1.30. The van der Waals surface area contributed by atoms with Gasteiger partial charge in [-0.2, -0.15) is 0 Å². The Morgan fingerprint density at radius 2 is 1.80 bits per heavy atom. The average molecular weight is 358 g/mol. The van der Waals surface area contributed by atoms with Gasteiger partial charge in [0.2, 0.25) is 5.78 Å². The Kier molecular flexibility index (Phi) is 4.76. The molecule has 2 aromatic carbocycles. The number of carbonyl (C=O) groups excluding carboxylic acids is 2. The molecular formula is C19H16ClNO4. The van der Waals surface area contributed by atoms with Crippen LogP contribution in [0.3, 0.4) is 0 Å². The lowest BCUT2D eigenvalue weighted by Gasteiger charge is -2.05. The third-order valence-electron chi connectivity index (χ3n) is 4.00. The first-order valence-electron chi connectivity index (χ1n) is 7.59.